The van der Waals surface area contributed by atoms with E-state index < -0.39 is 19.7 Å². The fourth-order valence-corrected chi connectivity index (χ4v) is 4.49. The van der Waals surface area contributed by atoms with E-state index in [1.165, 1.54) is 36.7 Å². The summed E-state index contributed by atoms with van der Waals surface area (Å²) in [5, 5.41) is 11.5. The number of rotatable bonds is 10. The number of aromatic nitrogens is 2. The first-order chi connectivity index (χ1) is 18.6. The van der Waals surface area contributed by atoms with Crippen LogP contribution in [-0.2, 0) is 19.7 Å². The van der Waals surface area contributed by atoms with Gasteiger partial charge in [-0.05, 0) is 47.5 Å². The summed E-state index contributed by atoms with van der Waals surface area (Å²) in [7, 11) is -6.56. The minimum atomic E-state index is -3.28. The molecule has 0 unspecified atom stereocenters. The van der Waals surface area contributed by atoms with Crippen LogP contribution in [0, 0.1) is 0 Å². The van der Waals surface area contributed by atoms with Crippen LogP contribution in [0.3, 0.4) is 0 Å². The number of sulfone groups is 2. The highest BCUT2D eigenvalue weighted by Crippen LogP contribution is 2.19. The molecule has 200 valence electrons. The second-order valence-electron chi connectivity index (χ2n) is 8.38. The quantitative estimate of drug-likeness (QED) is 0.192. The van der Waals surface area contributed by atoms with E-state index in [1.807, 2.05) is 30.3 Å². The largest absolute Gasteiger partial charge is 0.340 e. The second kappa shape index (κ2) is 11.8. The highest BCUT2D eigenvalue weighted by molar-refractivity contribution is 7.91. The van der Waals surface area contributed by atoms with Gasteiger partial charge in [-0.15, -0.1) is 0 Å². The first-order valence-electron chi connectivity index (χ1n) is 11.5. The maximum Gasteiger partial charge on any atom is 0.247 e. The van der Waals surface area contributed by atoms with Crippen LogP contribution in [0.4, 0.5) is 23.3 Å². The van der Waals surface area contributed by atoms with Gasteiger partial charge in [0.25, 0.3) is 0 Å². The SMILES string of the molecule is CS(=O)(=O)c1ccc(C=NNc2cc(Nc3ccccc3)nc(NN=Cc3ccc(S(C)(=O)=O)cc3)n2)cc1. The topological polar surface area (TPSA) is 155 Å². The van der Waals surface area contributed by atoms with Crippen LogP contribution in [0.15, 0.2) is 105 Å². The highest BCUT2D eigenvalue weighted by atomic mass is 32.2. The summed E-state index contributed by atoms with van der Waals surface area (Å²) in [5.41, 5.74) is 7.80. The predicted molar refractivity (Wildman–Crippen MR) is 153 cm³/mol. The number of hydrazone groups is 2. The lowest BCUT2D eigenvalue weighted by atomic mass is 10.2. The molecule has 11 nitrogen and oxygen atoms in total. The molecule has 0 fully saturated rings. The molecule has 0 saturated heterocycles. The number of anilines is 4. The fourth-order valence-electron chi connectivity index (χ4n) is 3.23. The Morgan fingerprint density at radius 3 is 1.64 bits per heavy atom. The zero-order valence-corrected chi connectivity index (χ0v) is 22.6. The van der Waals surface area contributed by atoms with E-state index >= 15 is 0 Å². The Morgan fingerprint density at radius 2 is 1.13 bits per heavy atom. The molecule has 3 aromatic carbocycles. The van der Waals surface area contributed by atoms with Crippen molar-refractivity contribution in [3.05, 3.63) is 96.1 Å². The highest BCUT2D eigenvalue weighted by Gasteiger charge is 2.07. The van der Waals surface area contributed by atoms with Gasteiger partial charge in [-0.2, -0.15) is 20.2 Å². The normalized spacial score (nSPS) is 12.1. The molecule has 4 aromatic rings. The molecule has 3 N–H and O–H groups in total. The third-order valence-electron chi connectivity index (χ3n) is 5.16. The van der Waals surface area contributed by atoms with Crippen LogP contribution in [0.5, 0.6) is 0 Å². The first-order valence-corrected chi connectivity index (χ1v) is 15.2. The molecule has 0 radical (unpaired) electrons. The van der Waals surface area contributed by atoms with E-state index in [0.717, 1.165) is 18.2 Å². The van der Waals surface area contributed by atoms with Crippen molar-refractivity contribution >= 4 is 55.4 Å². The zero-order valence-electron chi connectivity index (χ0n) is 21.0. The van der Waals surface area contributed by atoms with Crippen LogP contribution >= 0.6 is 0 Å². The summed E-state index contributed by atoms with van der Waals surface area (Å²) in [6, 6.07) is 23.7. The lowest BCUT2D eigenvalue weighted by Crippen LogP contribution is -2.04. The van der Waals surface area contributed by atoms with E-state index in [0.29, 0.717) is 22.8 Å². The van der Waals surface area contributed by atoms with Gasteiger partial charge < -0.3 is 5.32 Å². The van der Waals surface area contributed by atoms with Gasteiger partial charge in [0, 0.05) is 24.3 Å². The van der Waals surface area contributed by atoms with E-state index in [9.17, 15) is 16.8 Å². The van der Waals surface area contributed by atoms with Crippen molar-refractivity contribution in [3.63, 3.8) is 0 Å². The summed E-state index contributed by atoms with van der Waals surface area (Å²) in [6.45, 7) is 0. The van der Waals surface area contributed by atoms with Crippen molar-refractivity contribution < 1.29 is 16.8 Å². The summed E-state index contributed by atoms with van der Waals surface area (Å²) < 4.78 is 46.6. The van der Waals surface area contributed by atoms with Crippen LogP contribution < -0.4 is 16.2 Å². The van der Waals surface area contributed by atoms with Crippen molar-refractivity contribution in [1.82, 2.24) is 9.97 Å². The van der Waals surface area contributed by atoms with Crippen molar-refractivity contribution in [1.29, 1.82) is 0 Å². The summed E-state index contributed by atoms with van der Waals surface area (Å²) >= 11 is 0. The van der Waals surface area contributed by atoms with Crippen LogP contribution in [0.1, 0.15) is 11.1 Å². The molecule has 0 amide bonds. The maximum absolute atomic E-state index is 11.6. The standard InChI is InChI=1S/C26H25N7O4S2/c1-38(34,35)22-12-8-19(9-13-22)17-27-32-25-16-24(29-21-6-4-3-5-7-21)30-26(31-25)33-28-18-20-10-14-23(15-11-20)39(2,36)37/h3-18H,1-2H3,(H3,29,30,31,32,33). The second-order valence-corrected chi connectivity index (χ2v) is 12.4. The van der Waals surface area contributed by atoms with Gasteiger partial charge in [-0.3, -0.25) is 5.43 Å². The third kappa shape index (κ3) is 8.18. The van der Waals surface area contributed by atoms with Crippen LogP contribution in [0.2, 0.25) is 0 Å². The number of para-hydroxylation sites is 1. The lowest BCUT2D eigenvalue weighted by Gasteiger charge is -2.09. The molecule has 0 aliphatic heterocycles. The molecule has 1 aromatic heterocycles. The molecule has 4 rings (SSSR count). The Balaban J connectivity index is 1.51. The number of hydrogen-bond donors (Lipinski definition) is 3. The van der Waals surface area contributed by atoms with Gasteiger partial charge >= 0.3 is 0 Å². The van der Waals surface area contributed by atoms with E-state index in [-0.39, 0.29) is 15.7 Å². The minimum Gasteiger partial charge on any atom is -0.340 e. The number of hydrogen-bond acceptors (Lipinski definition) is 11. The van der Waals surface area contributed by atoms with Gasteiger partial charge in [0.05, 0.1) is 22.2 Å². The van der Waals surface area contributed by atoms with Gasteiger partial charge in [0.1, 0.15) is 5.82 Å². The van der Waals surface area contributed by atoms with Gasteiger partial charge in [-0.25, -0.2) is 22.3 Å². The molecule has 0 spiro atoms. The third-order valence-corrected chi connectivity index (χ3v) is 7.42. The molecular formula is C26H25N7O4S2. The molecule has 0 saturated carbocycles. The first kappa shape index (κ1) is 27.4. The Kier molecular flexibility index (Phi) is 8.32. The van der Waals surface area contributed by atoms with Gasteiger partial charge in [0.2, 0.25) is 5.95 Å². The summed E-state index contributed by atoms with van der Waals surface area (Å²) in [4.78, 5) is 9.25. The average Bonchev–Trinajstić information content (AvgIpc) is 2.89. The van der Waals surface area contributed by atoms with Crippen molar-refractivity contribution in [2.45, 2.75) is 9.79 Å². The fraction of sp³-hybridized carbons (Fsp3) is 0.0769. The molecule has 39 heavy (non-hydrogen) atoms. The van der Waals surface area contributed by atoms with Crippen LogP contribution in [-0.4, -0.2) is 51.7 Å². The van der Waals surface area contributed by atoms with Gasteiger partial charge in [0.15, 0.2) is 25.5 Å². The molecule has 0 bridgehead atoms. The monoisotopic (exact) mass is 563 g/mol. The number of benzene rings is 3. The van der Waals surface area contributed by atoms with E-state index in [4.69, 9.17) is 0 Å². The molecule has 13 heteroatoms. The summed E-state index contributed by atoms with van der Waals surface area (Å²) in [6.07, 6.45) is 5.34. The lowest BCUT2D eigenvalue weighted by molar-refractivity contribution is 0.600. The number of nitrogens with one attached hydrogen (secondary N) is 3. The smallest absolute Gasteiger partial charge is 0.247 e. The van der Waals surface area contributed by atoms with Crippen molar-refractivity contribution in [2.75, 3.05) is 28.7 Å². The Hall–Kier alpha value is -4.62. The van der Waals surface area contributed by atoms with Gasteiger partial charge in [-0.1, -0.05) is 42.5 Å². The average molecular weight is 564 g/mol. The zero-order chi connectivity index (χ0) is 27.9. The van der Waals surface area contributed by atoms with Crippen molar-refractivity contribution in [3.8, 4) is 0 Å². The van der Waals surface area contributed by atoms with E-state index in [1.54, 1.807) is 30.3 Å². The molecule has 1 heterocycles. The predicted octanol–water partition coefficient (Wildman–Crippen LogP) is 3.92. The van der Waals surface area contributed by atoms with Crippen LogP contribution in [0.25, 0.3) is 0 Å². The number of nitrogens with zero attached hydrogens (tertiary/aromatic N) is 4. The molecule has 0 aliphatic carbocycles. The summed E-state index contributed by atoms with van der Waals surface area (Å²) in [5.74, 6) is 1.01. The van der Waals surface area contributed by atoms with E-state index in [2.05, 4.69) is 36.3 Å². The minimum absolute atomic E-state index is 0.176. The molecule has 0 aliphatic rings. The molecular weight excluding hydrogens is 538 g/mol. The molecule has 0 atom stereocenters. The van der Waals surface area contributed by atoms with Crippen molar-refractivity contribution in [2.24, 2.45) is 10.2 Å². The Morgan fingerprint density at radius 1 is 0.641 bits per heavy atom. The Labute approximate surface area is 226 Å². The maximum atomic E-state index is 11.6. The Bertz CT molecular complexity index is 1600.